The van der Waals surface area contributed by atoms with Crippen molar-refractivity contribution in [1.82, 2.24) is 15.2 Å². The van der Waals surface area contributed by atoms with E-state index in [-0.39, 0.29) is 17.4 Å². The number of aromatic amines is 1. The van der Waals surface area contributed by atoms with Gasteiger partial charge in [0.05, 0.1) is 7.11 Å². The molecule has 2 rings (SSSR count). The van der Waals surface area contributed by atoms with Crippen LogP contribution in [0.25, 0.3) is 0 Å². The van der Waals surface area contributed by atoms with Crippen LogP contribution in [-0.4, -0.2) is 28.3 Å². The van der Waals surface area contributed by atoms with Gasteiger partial charge in [-0.2, -0.15) is 13.2 Å². The number of nitrogens with zero attached hydrogens (tertiary/aromatic N) is 2. The Labute approximate surface area is 115 Å². The number of carbonyl (C=O) groups excluding carboxylic acids is 1. The highest BCUT2D eigenvalue weighted by Gasteiger charge is 2.35. The third kappa shape index (κ3) is 3.26. The standard InChI is InChI=1S/C10H9F3N4O2S/c1-19-7(18)6-2-5(3-14-6)4-15-9-17-16-8(20-9)10(11,12)13/h2-3,14H,4H2,1H3,(H,15,17). The molecule has 0 saturated carbocycles. The topological polar surface area (TPSA) is 79.9 Å². The highest BCUT2D eigenvalue weighted by molar-refractivity contribution is 7.15. The first-order valence-corrected chi connectivity index (χ1v) is 6.12. The Morgan fingerprint density at radius 1 is 1.50 bits per heavy atom. The van der Waals surface area contributed by atoms with Crippen LogP contribution in [0.3, 0.4) is 0 Å². The average Bonchev–Trinajstić information content (AvgIpc) is 3.03. The van der Waals surface area contributed by atoms with Crippen LogP contribution < -0.4 is 5.32 Å². The Balaban J connectivity index is 1.97. The molecular weight excluding hydrogens is 297 g/mol. The van der Waals surface area contributed by atoms with Crippen LogP contribution in [0.1, 0.15) is 21.1 Å². The average molecular weight is 306 g/mol. The number of alkyl halides is 3. The van der Waals surface area contributed by atoms with Crippen molar-refractivity contribution < 1.29 is 22.7 Å². The number of nitrogens with one attached hydrogen (secondary N) is 2. The summed E-state index contributed by atoms with van der Waals surface area (Å²) in [6, 6.07) is 1.53. The van der Waals surface area contributed by atoms with Crippen LogP contribution in [0.15, 0.2) is 12.3 Å². The fourth-order valence-corrected chi connectivity index (χ4v) is 1.96. The lowest BCUT2D eigenvalue weighted by molar-refractivity contribution is -0.138. The minimum Gasteiger partial charge on any atom is -0.464 e. The van der Waals surface area contributed by atoms with Crippen molar-refractivity contribution in [3.63, 3.8) is 0 Å². The molecule has 0 aliphatic carbocycles. The number of rotatable bonds is 4. The molecule has 0 atom stereocenters. The van der Waals surface area contributed by atoms with E-state index in [1.807, 2.05) is 0 Å². The predicted molar refractivity (Wildman–Crippen MR) is 64.4 cm³/mol. The van der Waals surface area contributed by atoms with Gasteiger partial charge in [0.15, 0.2) is 0 Å². The molecule has 0 radical (unpaired) electrons. The molecule has 0 spiro atoms. The van der Waals surface area contributed by atoms with E-state index in [4.69, 9.17) is 0 Å². The van der Waals surface area contributed by atoms with Crippen molar-refractivity contribution in [3.05, 3.63) is 28.5 Å². The van der Waals surface area contributed by atoms with E-state index >= 15 is 0 Å². The van der Waals surface area contributed by atoms with Gasteiger partial charge < -0.3 is 15.0 Å². The number of esters is 1. The van der Waals surface area contributed by atoms with Gasteiger partial charge in [0.2, 0.25) is 10.1 Å². The van der Waals surface area contributed by atoms with Crippen LogP contribution in [0.4, 0.5) is 18.3 Å². The summed E-state index contributed by atoms with van der Waals surface area (Å²) in [6.45, 7) is 0.208. The zero-order chi connectivity index (χ0) is 14.8. The summed E-state index contributed by atoms with van der Waals surface area (Å²) >= 11 is 0.417. The quantitative estimate of drug-likeness (QED) is 0.847. The lowest BCUT2D eigenvalue weighted by Crippen LogP contribution is -2.03. The summed E-state index contributed by atoms with van der Waals surface area (Å²) < 4.78 is 41.5. The number of carbonyl (C=O) groups is 1. The summed E-state index contributed by atoms with van der Waals surface area (Å²) in [5.74, 6) is -0.522. The van der Waals surface area contributed by atoms with Gasteiger partial charge >= 0.3 is 12.1 Å². The molecule has 0 aliphatic rings. The maximum absolute atomic E-state index is 12.3. The number of hydrogen-bond acceptors (Lipinski definition) is 6. The monoisotopic (exact) mass is 306 g/mol. The van der Waals surface area contributed by atoms with E-state index in [1.54, 1.807) is 6.20 Å². The molecular formula is C10H9F3N4O2S. The number of anilines is 1. The molecule has 0 bridgehead atoms. The molecule has 0 unspecified atom stereocenters. The second kappa shape index (κ2) is 5.49. The normalized spacial score (nSPS) is 11.4. The van der Waals surface area contributed by atoms with Gasteiger partial charge in [0.1, 0.15) is 5.69 Å². The SMILES string of the molecule is COC(=O)c1cc(CNc2nnc(C(F)(F)F)s2)c[nH]1. The summed E-state index contributed by atoms with van der Waals surface area (Å²) in [6.07, 6.45) is -2.95. The van der Waals surface area contributed by atoms with Gasteiger partial charge in [-0.25, -0.2) is 4.79 Å². The molecule has 2 heterocycles. The van der Waals surface area contributed by atoms with Crippen molar-refractivity contribution in [2.45, 2.75) is 12.7 Å². The van der Waals surface area contributed by atoms with Crippen LogP contribution in [0.2, 0.25) is 0 Å². The molecule has 2 aromatic rings. The molecule has 20 heavy (non-hydrogen) atoms. The van der Waals surface area contributed by atoms with Gasteiger partial charge in [-0.05, 0) is 11.6 Å². The Hall–Kier alpha value is -2.10. The van der Waals surface area contributed by atoms with E-state index in [0.717, 1.165) is 0 Å². The lowest BCUT2D eigenvalue weighted by Gasteiger charge is -1.99. The smallest absolute Gasteiger partial charge is 0.445 e. The van der Waals surface area contributed by atoms with Crippen molar-refractivity contribution in [1.29, 1.82) is 0 Å². The molecule has 0 saturated heterocycles. The van der Waals surface area contributed by atoms with E-state index in [9.17, 15) is 18.0 Å². The summed E-state index contributed by atoms with van der Waals surface area (Å²) in [5, 5.41) is 8.18. The summed E-state index contributed by atoms with van der Waals surface area (Å²) in [4.78, 5) is 13.9. The predicted octanol–water partition coefficient (Wildman–Crippen LogP) is 2.28. The van der Waals surface area contributed by atoms with E-state index < -0.39 is 17.2 Å². The molecule has 2 aromatic heterocycles. The second-order valence-corrected chi connectivity index (χ2v) is 4.65. The van der Waals surface area contributed by atoms with Crippen molar-refractivity contribution in [2.75, 3.05) is 12.4 Å². The van der Waals surface area contributed by atoms with E-state index in [0.29, 0.717) is 16.9 Å². The van der Waals surface area contributed by atoms with Gasteiger partial charge in [-0.15, -0.1) is 10.2 Å². The van der Waals surface area contributed by atoms with Crippen molar-refractivity contribution in [2.24, 2.45) is 0 Å². The molecule has 0 amide bonds. The third-order valence-electron chi connectivity index (χ3n) is 2.26. The minimum absolute atomic E-state index is 0.0538. The minimum atomic E-state index is -4.50. The number of ether oxygens (including phenoxy) is 1. The molecule has 0 fully saturated rings. The number of H-pyrrole nitrogens is 1. The Kier molecular flexibility index (Phi) is 3.93. The van der Waals surface area contributed by atoms with Crippen molar-refractivity contribution >= 4 is 22.4 Å². The third-order valence-corrected chi connectivity index (χ3v) is 3.19. The van der Waals surface area contributed by atoms with Crippen LogP contribution >= 0.6 is 11.3 Å². The number of halogens is 3. The molecule has 6 nitrogen and oxygen atoms in total. The van der Waals surface area contributed by atoms with Crippen molar-refractivity contribution in [3.8, 4) is 0 Å². The number of methoxy groups -OCH3 is 1. The highest BCUT2D eigenvalue weighted by atomic mass is 32.1. The Morgan fingerprint density at radius 3 is 2.85 bits per heavy atom. The van der Waals surface area contributed by atoms with Gasteiger partial charge in [0.25, 0.3) is 0 Å². The van der Waals surface area contributed by atoms with Gasteiger partial charge in [-0.1, -0.05) is 11.3 Å². The maximum atomic E-state index is 12.3. The molecule has 108 valence electrons. The molecule has 0 aromatic carbocycles. The highest BCUT2D eigenvalue weighted by Crippen LogP contribution is 2.33. The second-order valence-electron chi connectivity index (χ2n) is 3.68. The van der Waals surface area contributed by atoms with Gasteiger partial charge in [0, 0.05) is 12.7 Å². The fourth-order valence-electron chi connectivity index (χ4n) is 1.36. The first-order chi connectivity index (χ1) is 9.40. The molecule has 10 heteroatoms. The maximum Gasteiger partial charge on any atom is 0.445 e. The zero-order valence-electron chi connectivity index (χ0n) is 10.1. The first kappa shape index (κ1) is 14.3. The number of hydrogen-bond donors (Lipinski definition) is 2. The van der Waals surface area contributed by atoms with Crippen LogP contribution in [0, 0.1) is 0 Å². The summed E-state index contributed by atoms with van der Waals surface area (Å²) in [5.41, 5.74) is 0.937. The number of aromatic nitrogens is 3. The van der Waals surface area contributed by atoms with Crippen LogP contribution in [-0.2, 0) is 17.5 Å². The Morgan fingerprint density at radius 2 is 2.25 bits per heavy atom. The summed E-state index contributed by atoms with van der Waals surface area (Å²) in [7, 11) is 1.25. The van der Waals surface area contributed by atoms with Gasteiger partial charge in [-0.3, -0.25) is 0 Å². The zero-order valence-corrected chi connectivity index (χ0v) is 10.9. The van der Waals surface area contributed by atoms with Crippen LogP contribution in [0.5, 0.6) is 0 Å². The lowest BCUT2D eigenvalue weighted by atomic mass is 10.3. The fraction of sp³-hybridized carbons (Fsp3) is 0.300. The van der Waals surface area contributed by atoms with E-state index in [2.05, 4.69) is 25.2 Å². The molecule has 0 aliphatic heterocycles. The Bertz CT molecular complexity index is 608. The van der Waals surface area contributed by atoms with E-state index in [1.165, 1.54) is 13.2 Å². The first-order valence-electron chi connectivity index (χ1n) is 5.30. The largest absolute Gasteiger partial charge is 0.464 e. The molecule has 2 N–H and O–H groups in total.